The van der Waals surface area contributed by atoms with E-state index in [4.69, 9.17) is 5.11 Å². The number of rotatable bonds is 6. The summed E-state index contributed by atoms with van der Waals surface area (Å²) in [7, 11) is 0. The van der Waals surface area contributed by atoms with Crippen LogP contribution in [-0.2, 0) is 11.3 Å². The number of hydrogen-bond acceptors (Lipinski definition) is 5. The molecule has 2 heterocycles. The lowest BCUT2D eigenvalue weighted by Crippen LogP contribution is -2.10. The van der Waals surface area contributed by atoms with Crippen molar-refractivity contribution in [3.8, 4) is 0 Å². The molecule has 0 saturated heterocycles. The number of carbonyl (C=O) groups is 1. The molecule has 112 valence electrons. The van der Waals surface area contributed by atoms with Crippen molar-refractivity contribution in [2.75, 3.05) is 5.75 Å². The quantitative estimate of drug-likeness (QED) is 0.825. The van der Waals surface area contributed by atoms with E-state index < -0.39 is 5.97 Å². The third-order valence-electron chi connectivity index (χ3n) is 2.85. The Bertz CT molecular complexity index is 640. The van der Waals surface area contributed by atoms with E-state index in [-0.39, 0.29) is 11.7 Å². The second-order valence-corrected chi connectivity index (χ2v) is 5.98. The van der Waals surface area contributed by atoms with E-state index in [0.29, 0.717) is 11.7 Å². The zero-order valence-electron chi connectivity index (χ0n) is 12.3. The van der Waals surface area contributed by atoms with Crippen LogP contribution in [0.1, 0.15) is 37.0 Å². The SMILES string of the molecule is Cc1cccc(Cn2c(SCC(=O)O)nnc2C(C)C)n1. The highest BCUT2D eigenvalue weighted by Crippen LogP contribution is 2.22. The van der Waals surface area contributed by atoms with Crippen LogP contribution in [0, 0.1) is 6.92 Å². The lowest BCUT2D eigenvalue weighted by atomic mass is 10.2. The van der Waals surface area contributed by atoms with Crippen molar-refractivity contribution in [3.05, 3.63) is 35.4 Å². The Morgan fingerprint density at radius 3 is 2.76 bits per heavy atom. The number of pyridine rings is 1. The maximum Gasteiger partial charge on any atom is 0.313 e. The highest BCUT2D eigenvalue weighted by atomic mass is 32.2. The van der Waals surface area contributed by atoms with Gasteiger partial charge in [-0.2, -0.15) is 0 Å². The van der Waals surface area contributed by atoms with Crippen LogP contribution >= 0.6 is 11.8 Å². The third-order valence-corrected chi connectivity index (χ3v) is 3.80. The molecule has 7 heteroatoms. The van der Waals surface area contributed by atoms with Gasteiger partial charge in [0.1, 0.15) is 5.82 Å². The summed E-state index contributed by atoms with van der Waals surface area (Å²) in [4.78, 5) is 15.2. The summed E-state index contributed by atoms with van der Waals surface area (Å²) in [5.74, 6) is 0.152. The van der Waals surface area contributed by atoms with Crippen molar-refractivity contribution in [2.45, 2.75) is 38.4 Å². The summed E-state index contributed by atoms with van der Waals surface area (Å²) in [5.41, 5.74) is 1.86. The normalized spacial score (nSPS) is 11.0. The molecule has 0 aromatic carbocycles. The fourth-order valence-electron chi connectivity index (χ4n) is 1.96. The summed E-state index contributed by atoms with van der Waals surface area (Å²) >= 11 is 1.18. The van der Waals surface area contributed by atoms with Crippen LogP contribution < -0.4 is 0 Å². The van der Waals surface area contributed by atoms with Crippen molar-refractivity contribution in [1.29, 1.82) is 0 Å². The van der Waals surface area contributed by atoms with Crippen LogP contribution in [0.5, 0.6) is 0 Å². The molecule has 0 radical (unpaired) electrons. The van der Waals surface area contributed by atoms with Gasteiger partial charge in [-0.05, 0) is 19.1 Å². The number of thioether (sulfide) groups is 1. The van der Waals surface area contributed by atoms with Crippen LogP contribution in [0.25, 0.3) is 0 Å². The Balaban J connectivity index is 2.30. The molecule has 2 aromatic heterocycles. The largest absolute Gasteiger partial charge is 0.481 e. The van der Waals surface area contributed by atoms with Crippen molar-refractivity contribution in [3.63, 3.8) is 0 Å². The fourth-order valence-corrected chi connectivity index (χ4v) is 2.62. The molecule has 0 aliphatic heterocycles. The summed E-state index contributed by atoms with van der Waals surface area (Å²) in [6.45, 7) is 6.56. The number of aromatic nitrogens is 4. The molecule has 6 nitrogen and oxygen atoms in total. The maximum atomic E-state index is 10.7. The summed E-state index contributed by atoms with van der Waals surface area (Å²) in [5, 5.41) is 17.7. The van der Waals surface area contributed by atoms with E-state index in [0.717, 1.165) is 17.2 Å². The first kappa shape index (κ1) is 15.5. The Kier molecular flexibility index (Phi) is 4.95. The van der Waals surface area contributed by atoms with Gasteiger partial charge in [0.2, 0.25) is 0 Å². The predicted molar refractivity (Wildman–Crippen MR) is 80.5 cm³/mol. The summed E-state index contributed by atoms with van der Waals surface area (Å²) in [6.07, 6.45) is 0. The number of aryl methyl sites for hydroxylation is 1. The van der Waals surface area contributed by atoms with Gasteiger partial charge < -0.3 is 5.11 Å². The molecule has 0 saturated carbocycles. The van der Waals surface area contributed by atoms with Gasteiger partial charge in [0.15, 0.2) is 5.16 Å². The Morgan fingerprint density at radius 1 is 1.38 bits per heavy atom. The van der Waals surface area contributed by atoms with Crippen LogP contribution in [0.4, 0.5) is 0 Å². The monoisotopic (exact) mass is 306 g/mol. The van der Waals surface area contributed by atoms with Gasteiger partial charge in [-0.25, -0.2) is 0 Å². The van der Waals surface area contributed by atoms with Gasteiger partial charge in [-0.3, -0.25) is 14.3 Å². The molecular weight excluding hydrogens is 288 g/mol. The molecule has 2 rings (SSSR count). The molecule has 0 fully saturated rings. The van der Waals surface area contributed by atoms with Crippen LogP contribution in [0.2, 0.25) is 0 Å². The molecule has 1 N–H and O–H groups in total. The molecule has 0 aliphatic rings. The number of carboxylic acids is 1. The first-order valence-electron chi connectivity index (χ1n) is 6.67. The Labute approximate surface area is 127 Å². The van der Waals surface area contributed by atoms with Gasteiger partial charge in [0.05, 0.1) is 18.0 Å². The number of carboxylic acid groups (broad SMARTS) is 1. The van der Waals surface area contributed by atoms with Gasteiger partial charge in [0.25, 0.3) is 0 Å². The van der Waals surface area contributed by atoms with Gasteiger partial charge in [-0.1, -0.05) is 31.7 Å². The average Bonchev–Trinajstić information content (AvgIpc) is 2.79. The third kappa shape index (κ3) is 4.04. The molecule has 0 spiro atoms. The fraction of sp³-hybridized carbons (Fsp3) is 0.429. The lowest BCUT2D eigenvalue weighted by Gasteiger charge is -2.11. The number of aliphatic carboxylic acids is 1. The van der Waals surface area contributed by atoms with E-state index in [2.05, 4.69) is 15.2 Å². The highest BCUT2D eigenvalue weighted by Gasteiger charge is 2.17. The van der Waals surface area contributed by atoms with Crippen LogP contribution in [0.15, 0.2) is 23.4 Å². The standard InChI is InChI=1S/C14H18N4O2S/c1-9(2)13-16-17-14(21-8-12(19)20)18(13)7-11-6-4-5-10(3)15-11/h4-6,9H,7-8H2,1-3H3,(H,19,20). The van der Waals surface area contributed by atoms with Crippen molar-refractivity contribution < 1.29 is 9.90 Å². The minimum Gasteiger partial charge on any atom is -0.481 e. The van der Waals surface area contributed by atoms with Gasteiger partial charge in [-0.15, -0.1) is 10.2 Å². The van der Waals surface area contributed by atoms with Crippen LogP contribution in [-0.4, -0.2) is 36.6 Å². The minimum absolute atomic E-state index is 0.0303. The Hall–Kier alpha value is -1.89. The molecule has 0 aliphatic carbocycles. The van der Waals surface area contributed by atoms with Gasteiger partial charge >= 0.3 is 5.97 Å². The van der Waals surface area contributed by atoms with E-state index >= 15 is 0 Å². The number of nitrogens with zero attached hydrogens (tertiary/aromatic N) is 4. The molecule has 0 bridgehead atoms. The first-order valence-corrected chi connectivity index (χ1v) is 7.66. The predicted octanol–water partition coefficient (Wildman–Crippen LogP) is 2.33. The van der Waals surface area contributed by atoms with E-state index in [9.17, 15) is 4.79 Å². The van der Waals surface area contributed by atoms with Crippen molar-refractivity contribution in [1.82, 2.24) is 19.7 Å². The molecule has 0 atom stereocenters. The van der Waals surface area contributed by atoms with Crippen molar-refractivity contribution in [2.24, 2.45) is 0 Å². The van der Waals surface area contributed by atoms with E-state index in [1.807, 2.05) is 43.5 Å². The van der Waals surface area contributed by atoms with E-state index in [1.54, 1.807) is 0 Å². The molecule has 2 aromatic rings. The van der Waals surface area contributed by atoms with Crippen LogP contribution in [0.3, 0.4) is 0 Å². The lowest BCUT2D eigenvalue weighted by molar-refractivity contribution is -0.133. The molecular formula is C14H18N4O2S. The molecule has 0 unspecified atom stereocenters. The topological polar surface area (TPSA) is 80.9 Å². The number of hydrogen-bond donors (Lipinski definition) is 1. The molecule has 0 amide bonds. The first-order chi connectivity index (χ1) is 9.97. The highest BCUT2D eigenvalue weighted by molar-refractivity contribution is 7.99. The minimum atomic E-state index is -0.866. The second-order valence-electron chi connectivity index (χ2n) is 5.03. The average molecular weight is 306 g/mol. The zero-order valence-corrected chi connectivity index (χ0v) is 13.1. The molecule has 21 heavy (non-hydrogen) atoms. The van der Waals surface area contributed by atoms with Crippen molar-refractivity contribution >= 4 is 17.7 Å². The summed E-state index contributed by atoms with van der Waals surface area (Å²) in [6, 6.07) is 5.85. The second kappa shape index (κ2) is 6.71. The Morgan fingerprint density at radius 2 is 2.14 bits per heavy atom. The zero-order chi connectivity index (χ0) is 15.4. The maximum absolute atomic E-state index is 10.7. The van der Waals surface area contributed by atoms with E-state index in [1.165, 1.54) is 11.8 Å². The smallest absolute Gasteiger partial charge is 0.313 e. The van der Waals surface area contributed by atoms with Gasteiger partial charge in [0, 0.05) is 11.6 Å². The summed E-state index contributed by atoms with van der Waals surface area (Å²) < 4.78 is 1.94.